The molecule has 1 amide bonds. The van der Waals surface area contributed by atoms with Crippen LogP contribution in [0.5, 0.6) is 0 Å². The standard InChI is InChI=1S/C19H31N3O/c1-5-20-19(23)16(4)22-12-10-21(11-13-22)14-17-6-8-18(9-7-17)15(2)3/h6-9,15-16H,5,10-14H2,1-4H3,(H,20,23)/t16-/m1/s1. The number of amides is 1. The van der Waals surface area contributed by atoms with Gasteiger partial charge in [-0.3, -0.25) is 14.6 Å². The fourth-order valence-electron chi connectivity index (χ4n) is 3.06. The number of rotatable bonds is 6. The van der Waals surface area contributed by atoms with E-state index in [-0.39, 0.29) is 11.9 Å². The SMILES string of the molecule is CCNC(=O)[C@@H](C)N1CCN(Cc2ccc(C(C)C)cc2)CC1. The molecule has 1 aliphatic rings. The third kappa shape index (κ3) is 5.05. The van der Waals surface area contributed by atoms with Crippen LogP contribution in [0.15, 0.2) is 24.3 Å². The van der Waals surface area contributed by atoms with E-state index in [9.17, 15) is 4.79 Å². The average Bonchev–Trinajstić information content (AvgIpc) is 2.55. The van der Waals surface area contributed by atoms with Crippen LogP contribution in [0.2, 0.25) is 0 Å². The molecule has 1 aromatic carbocycles. The molecule has 0 aromatic heterocycles. The highest BCUT2D eigenvalue weighted by Crippen LogP contribution is 2.16. The van der Waals surface area contributed by atoms with Crippen LogP contribution >= 0.6 is 0 Å². The van der Waals surface area contributed by atoms with E-state index in [1.165, 1.54) is 11.1 Å². The van der Waals surface area contributed by atoms with Gasteiger partial charge in [0.1, 0.15) is 0 Å². The number of nitrogens with zero attached hydrogens (tertiary/aromatic N) is 2. The molecule has 0 bridgehead atoms. The second kappa shape index (κ2) is 8.46. The van der Waals surface area contributed by atoms with Crippen molar-refractivity contribution in [2.75, 3.05) is 32.7 Å². The molecule has 23 heavy (non-hydrogen) atoms. The van der Waals surface area contributed by atoms with E-state index in [2.05, 4.69) is 53.2 Å². The predicted octanol–water partition coefficient (Wildman–Crippen LogP) is 2.45. The van der Waals surface area contributed by atoms with Gasteiger partial charge in [-0.25, -0.2) is 0 Å². The first-order valence-corrected chi connectivity index (χ1v) is 8.84. The van der Waals surface area contributed by atoms with Gasteiger partial charge in [0.2, 0.25) is 5.91 Å². The second-order valence-electron chi connectivity index (χ2n) is 6.78. The minimum atomic E-state index is -0.0255. The highest BCUT2D eigenvalue weighted by molar-refractivity contribution is 5.81. The third-order valence-corrected chi connectivity index (χ3v) is 4.74. The van der Waals surface area contributed by atoms with Gasteiger partial charge in [-0.05, 0) is 30.9 Å². The van der Waals surface area contributed by atoms with Crippen molar-refractivity contribution in [3.8, 4) is 0 Å². The first-order chi connectivity index (χ1) is 11.0. The summed E-state index contributed by atoms with van der Waals surface area (Å²) < 4.78 is 0. The second-order valence-corrected chi connectivity index (χ2v) is 6.78. The van der Waals surface area contributed by atoms with Crippen LogP contribution in [-0.4, -0.2) is 54.5 Å². The van der Waals surface area contributed by atoms with Crippen LogP contribution < -0.4 is 5.32 Å². The fraction of sp³-hybridized carbons (Fsp3) is 0.632. The van der Waals surface area contributed by atoms with Crippen LogP contribution in [0.25, 0.3) is 0 Å². The first-order valence-electron chi connectivity index (χ1n) is 8.84. The maximum absolute atomic E-state index is 11.9. The molecule has 0 radical (unpaired) electrons. The van der Waals surface area contributed by atoms with Crippen molar-refractivity contribution < 1.29 is 4.79 Å². The Kier molecular flexibility index (Phi) is 6.60. The quantitative estimate of drug-likeness (QED) is 0.875. The van der Waals surface area contributed by atoms with Gasteiger partial charge in [-0.1, -0.05) is 38.1 Å². The summed E-state index contributed by atoms with van der Waals surface area (Å²) in [4.78, 5) is 16.7. The Labute approximate surface area is 140 Å². The van der Waals surface area contributed by atoms with Crippen molar-refractivity contribution in [1.82, 2.24) is 15.1 Å². The normalized spacial score (nSPS) is 18.1. The van der Waals surface area contributed by atoms with Gasteiger partial charge in [0, 0.05) is 39.3 Å². The lowest BCUT2D eigenvalue weighted by atomic mass is 10.0. The van der Waals surface area contributed by atoms with E-state index in [1.807, 2.05) is 13.8 Å². The zero-order chi connectivity index (χ0) is 16.8. The molecule has 128 valence electrons. The number of benzene rings is 1. The zero-order valence-electron chi connectivity index (χ0n) is 15.0. The molecule has 1 fully saturated rings. The number of likely N-dealkylation sites (N-methyl/N-ethyl adjacent to an activating group) is 1. The van der Waals surface area contributed by atoms with Gasteiger partial charge in [0.05, 0.1) is 6.04 Å². The molecule has 4 nitrogen and oxygen atoms in total. The number of carbonyl (C=O) groups is 1. The summed E-state index contributed by atoms with van der Waals surface area (Å²) in [5.41, 5.74) is 2.77. The van der Waals surface area contributed by atoms with Crippen LogP contribution in [0.4, 0.5) is 0 Å². The molecule has 1 atom stereocenters. The molecule has 1 saturated heterocycles. The van der Waals surface area contributed by atoms with Crippen molar-refractivity contribution in [3.63, 3.8) is 0 Å². The van der Waals surface area contributed by atoms with Crippen molar-refractivity contribution in [3.05, 3.63) is 35.4 Å². The number of carbonyl (C=O) groups excluding carboxylic acids is 1. The molecule has 1 aliphatic heterocycles. The summed E-state index contributed by atoms with van der Waals surface area (Å²) in [7, 11) is 0. The van der Waals surface area contributed by atoms with E-state index < -0.39 is 0 Å². The Morgan fingerprint density at radius 2 is 1.70 bits per heavy atom. The van der Waals surface area contributed by atoms with Crippen LogP contribution in [0.3, 0.4) is 0 Å². The summed E-state index contributed by atoms with van der Waals surface area (Å²) in [6.45, 7) is 14.1. The predicted molar refractivity (Wildman–Crippen MR) is 95.5 cm³/mol. The van der Waals surface area contributed by atoms with E-state index in [0.29, 0.717) is 12.5 Å². The maximum atomic E-state index is 11.9. The highest BCUT2D eigenvalue weighted by atomic mass is 16.2. The van der Waals surface area contributed by atoms with Crippen molar-refractivity contribution >= 4 is 5.91 Å². The van der Waals surface area contributed by atoms with Gasteiger partial charge in [-0.2, -0.15) is 0 Å². The molecule has 0 unspecified atom stereocenters. The number of hydrogen-bond acceptors (Lipinski definition) is 3. The Morgan fingerprint density at radius 3 is 2.22 bits per heavy atom. The van der Waals surface area contributed by atoms with E-state index in [1.54, 1.807) is 0 Å². The molecular weight excluding hydrogens is 286 g/mol. The Morgan fingerprint density at radius 1 is 1.09 bits per heavy atom. The smallest absolute Gasteiger partial charge is 0.237 e. The summed E-state index contributed by atoms with van der Waals surface area (Å²) in [5.74, 6) is 0.730. The fourth-order valence-corrected chi connectivity index (χ4v) is 3.06. The topological polar surface area (TPSA) is 35.6 Å². The lowest BCUT2D eigenvalue weighted by molar-refractivity contribution is -0.126. The van der Waals surface area contributed by atoms with Gasteiger partial charge < -0.3 is 5.32 Å². The molecule has 1 N–H and O–H groups in total. The van der Waals surface area contributed by atoms with E-state index in [0.717, 1.165) is 32.7 Å². The summed E-state index contributed by atoms with van der Waals surface area (Å²) in [6.07, 6.45) is 0. The van der Waals surface area contributed by atoms with Gasteiger partial charge in [0.25, 0.3) is 0 Å². The van der Waals surface area contributed by atoms with Crippen molar-refractivity contribution in [2.24, 2.45) is 0 Å². The highest BCUT2D eigenvalue weighted by Gasteiger charge is 2.25. The average molecular weight is 317 g/mol. The molecule has 0 spiro atoms. The molecule has 0 saturated carbocycles. The Bertz CT molecular complexity index is 490. The van der Waals surface area contributed by atoms with E-state index >= 15 is 0 Å². The Balaban J connectivity index is 1.81. The van der Waals surface area contributed by atoms with Crippen LogP contribution in [-0.2, 0) is 11.3 Å². The molecule has 1 heterocycles. The zero-order valence-corrected chi connectivity index (χ0v) is 15.0. The summed E-state index contributed by atoms with van der Waals surface area (Å²) in [6, 6.07) is 8.96. The van der Waals surface area contributed by atoms with E-state index in [4.69, 9.17) is 0 Å². The van der Waals surface area contributed by atoms with Gasteiger partial charge in [0.15, 0.2) is 0 Å². The van der Waals surface area contributed by atoms with Gasteiger partial charge >= 0.3 is 0 Å². The number of nitrogens with one attached hydrogen (secondary N) is 1. The lowest BCUT2D eigenvalue weighted by Crippen LogP contribution is -2.53. The third-order valence-electron chi connectivity index (χ3n) is 4.74. The minimum absolute atomic E-state index is 0.0255. The molecule has 1 aromatic rings. The molecular formula is C19H31N3O. The molecule has 2 rings (SSSR count). The summed E-state index contributed by atoms with van der Waals surface area (Å²) >= 11 is 0. The largest absolute Gasteiger partial charge is 0.355 e. The first kappa shape index (κ1) is 18.0. The minimum Gasteiger partial charge on any atom is -0.355 e. The monoisotopic (exact) mass is 317 g/mol. The van der Waals surface area contributed by atoms with Crippen molar-refractivity contribution in [2.45, 2.75) is 46.2 Å². The Hall–Kier alpha value is -1.39. The van der Waals surface area contributed by atoms with Gasteiger partial charge in [-0.15, -0.1) is 0 Å². The number of piperazine rings is 1. The van der Waals surface area contributed by atoms with Crippen molar-refractivity contribution in [1.29, 1.82) is 0 Å². The maximum Gasteiger partial charge on any atom is 0.237 e. The number of hydrogen-bond donors (Lipinski definition) is 1. The summed E-state index contributed by atoms with van der Waals surface area (Å²) in [5, 5.41) is 2.91. The lowest BCUT2D eigenvalue weighted by Gasteiger charge is -2.37. The van der Waals surface area contributed by atoms with Crippen LogP contribution in [0.1, 0.15) is 44.7 Å². The molecule has 0 aliphatic carbocycles. The molecule has 4 heteroatoms. The van der Waals surface area contributed by atoms with Crippen LogP contribution in [0, 0.1) is 0 Å².